The highest BCUT2D eigenvalue weighted by Gasteiger charge is 2.25. The van der Waals surface area contributed by atoms with E-state index in [1.54, 1.807) is 30.3 Å². The van der Waals surface area contributed by atoms with Crippen molar-refractivity contribution >= 4 is 28.4 Å². The Morgan fingerprint density at radius 1 is 1.16 bits per heavy atom. The molecule has 128 valence electrons. The predicted octanol–water partition coefficient (Wildman–Crippen LogP) is 4.46. The van der Waals surface area contributed by atoms with Gasteiger partial charge in [-0.25, -0.2) is 4.79 Å². The van der Waals surface area contributed by atoms with E-state index in [1.165, 1.54) is 6.92 Å². The molecule has 4 nitrogen and oxygen atoms in total. The number of fused-ring (bicyclic) bond motifs is 1. The summed E-state index contributed by atoms with van der Waals surface area (Å²) in [6, 6.07) is 14.0. The zero-order chi connectivity index (χ0) is 18.0. The van der Waals surface area contributed by atoms with Crippen molar-refractivity contribution in [3.05, 3.63) is 75.1 Å². The van der Waals surface area contributed by atoms with E-state index in [0.717, 1.165) is 5.56 Å². The van der Waals surface area contributed by atoms with Gasteiger partial charge in [0.1, 0.15) is 17.1 Å². The molecule has 1 unspecified atom stereocenters. The minimum Gasteiger partial charge on any atom is -0.507 e. The molecule has 0 bridgehead atoms. The second-order valence-corrected chi connectivity index (χ2v) is 6.45. The van der Waals surface area contributed by atoms with Crippen molar-refractivity contribution in [2.45, 2.75) is 25.7 Å². The van der Waals surface area contributed by atoms with E-state index in [4.69, 9.17) is 16.0 Å². The summed E-state index contributed by atoms with van der Waals surface area (Å²) in [7, 11) is 0. The van der Waals surface area contributed by atoms with Gasteiger partial charge in [0.25, 0.3) is 0 Å². The molecule has 0 amide bonds. The zero-order valence-corrected chi connectivity index (χ0v) is 14.4. The van der Waals surface area contributed by atoms with E-state index >= 15 is 0 Å². The van der Waals surface area contributed by atoms with Gasteiger partial charge in [-0.2, -0.15) is 0 Å². The number of aromatic hydroxyl groups is 1. The summed E-state index contributed by atoms with van der Waals surface area (Å²) >= 11 is 6.22. The van der Waals surface area contributed by atoms with E-state index in [-0.39, 0.29) is 23.5 Å². The number of hydrogen-bond acceptors (Lipinski definition) is 4. The average molecular weight is 357 g/mol. The highest BCUT2D eigenvalue weighted by molar-refractivity contribution is 6.31. The lowest BCUT2D eigenvalue weighted by Gasteiger charge is -2.17. The van der Waals surface area contributed by atoms with Gasteiger partial charge in [-0.15, -0.1) is 0 Å². The summed E-state index contributed by atoms with van der Waals surface area (Å²) in [5.41, 5.74) is 0.610. The van der Waals surface area contributed by atoms with Gasteiger partial charge in [0.15, 0.2) is 0 Å². The molecule has 1 heterocycles. The van der Waals surface area contributed by atoms with Crippen molar-refractivity contribution in [2.75, 3.05) is 0 Å². The van der Waals surface area contributed by atoms with Gasteiger partial charge in [-0.05, 0) is 37.1 Å². The number of halogens is 1. The van der Waals surface area contributed by atoms with Crippen molar-refractivity contribution in [1.82, 2.24) is 0 Å². The number of ketones is 1. The largest absolute Gasteiger partial charge is 0.507 e. The van der Waals surface area contributed by atoms with Crippen molar-refractivity contribution in [3.8, 4) is 5.75 Å². The molecule has 0 aliphatic carbocycles. The number of hydrogen-bond donors (Lipinski definition) is 1. The van der Waals surface area contributed by atoms with Crippen LogP contribution in [0.1, 0.15) is 30.4 Å². The molecule has 0 radical (unpaired) electrons. The number of Topliss-reactive ketones (excluding diaryl/α,β-unsaturated/α-hetero) is 1. The normalized spacial score (nSPS) is 12.2. The smallest absolute Gasteiger partial charge is 0.343 e. The van der Waals surface area contributed by atoms with Gasteiger partial charge in [0, 0.05) is 17.4 Å². The van der Waals surface area contributed by atoms with Crippen molar-refractivity contribution in [1.29, 1.82) is 0 Å². The third-order valence-corrected chi connectivity index (χ3v) is 4.55. The molecule has 1 atom stereocenters. The van der Waals surface area contributed by atoms with Gasteiger partial charge in [0.2, 0.25) is 0 Å². The Bertz CT molecular complexity index is 990. The van der Waals surface area contributed by atoms with Crippen LogP contribution in [-0.2, 0) is 11.2 Å². The quantitative estimate of drug-likeness (QED) is 0.685. The van der Waals surface area contributed by atoms with E-state index in [9.17, 15) is 14.7 Å². The SMILES string of the molecule is CC(=O)CC(Cc1ccccc1Cl)c1c(O)c2ccccc2oc1=O. The van der Waals surface area contributed by atoms with Crippen molar-refractivity contribution in [3.63, 3.8) is 0 Å². The molecule has 1 aromatic heterocycles. The summed E-state index contributed by atoms with van der Waals surface area (Å²) < 4.78 is 5.34. The molecule has 25 heavy (non-hydrogen) atoms. The maximum Gasteiger partial charge on any atom is 0.343 e. The molecule has 1 N–H and O–H groups in total. The molecule has 0 saturated carbocycles. The van der Waals surface area contributed by atoms with E-state index in [0.29, 0.717) is 22.4 Å². The lowest BCUT2D eigenvalue weighted by atomic mass is 9.88. The Morgan fingerprint density at radius 3 is 2.56 bits per heavy atom. The molecule has 2 aromatic carbocycles. The maximum absolute atomic E-state index is 12.5. The van der Waals surface area contributed by atoms with Crippen molar-refractivity contribution in [2.24, 2.45) is 0 Å². The second-order valence-electron chi connectivity index (χ2n) is 6.05. The minimum absolute atomic E-state index is 0.0796. The molecule has 0 fully saturated rings. The Morgan fingerprint density at radius 2 is 1.84 bits per heavy atom. The molecule has 0 aliphatic heterocycles. The van der Waals surface area contributed by atoms with Crippen LogP contribution in [0.25, 0.3) is 11.0 Å². The van der Waals surface area contributed by atoms with E-state index in [1.807, 2.05) is 18.2 Å². The van der Waals surface area contributed by atoms with Gasteiger partial charge in [-0.1, -0.05) is 41.9 Å². The summed E-state index contributed by atoms with van der Waals surface area (Å²) in [5, 5.41) is 11.7. The van der Waals surface area contributed by atoms with Crippen molar-refractivity contribution < 1.29 is 14.3 Å². The monoisotopic (exact) mass is 356 g/mol. The molecule has 0 aliphatic rings. The van der Waals surface area contributed by atoms with Crippen LogP contribution in [0.15, 0.2) is 57.7 Å². The number of para-hydroxylation sites is 1. The van der Waals surface area contributed by atoms with Crippen LogP contribution in [0.5, 0.6) is 5.75 Å². The first-order valence-corrected chi connectivity index (χ1v) is 8.32. The molecule has 3 rings (SSSR count). The Balaban J connectivity index is 2.13. The fourth-order valence-electron chi connectivity index (χ4n) is 3.06. The Labute approximate surface area is 149 Å². The molecule has 0 saturated heterocycles. The van der Waals surface area contributed by atoms with Gasteiger partial charge in [0.05, 0.1) is 10.9 Å². The first kappa shape index (κ1) is 17.2. The topological polar surface area (TPSA) is 67.5 Å². The fourth-order valence-corrected chi connectivity index (χ4v) is 3.27. The first-order valence-electron chi connectivity index (χ1n) is 7.95. The standard InChI is InChI=1S/C20H17ClO4/c1-12(22)10-14(11-13-6-2-4-8-16(13)21)18-19(23)15-7-3-5-9-17(15)25-20(18)24/h2-9,14,23H,10-11H2,1H3. The van der Waals surface area contributed by atoms with Crippen LogP contribution in [0.3, 0.4) is 0 Å². The van der Waals surface area contributed by atoms with Crippen LogP contribution in [0.4, 0.5) is 0 Å². The fraction of sp³-hybridized carbons (Fsp3) is 0.200. The highest BCUT2D eigenvalue weighted by Crippen LogP contribution is 2.35. The molecular formula is C20H17ClO4. The highest BCUT2D eigenvalue weighted by atomic mass is 35.5. The van der Waals surface area contributed by atoms with Crippen LogP contribution in [-0.4, -0.2) is 10.9 Å². The van der Waals surface area contributed by atoms with Crippen LogP contribution < -0.4 is 5.63 Å². The van der Waals surface area contributed by atoms with E-state index < -0.39 is 11.5 Å². The first-order chi connectivity index (χ1) is 12.0. The summed E-state index contributed by atoms with van der Waals surface area (Å²) in [6.45, 7) is 1.46. The van der Waals surface area contributed by atoms with Gasteiger partial charge < -0.3 is 14.3 Å². The van der Waals surface area contributed by atoms with E-state index in [2.05, 4.69) is 0 Å². The average Bonchev–Trinajstić information content (AvgIpc) is 2.56. The van der Waals surface area contributed by atoms with Crippen LogP contribution >= 0.6 is 11.6 Å². The number of rotatable bonds is 5. The van der Waals surface area contributed by atoms with Crippen LogP contribution in [0, 0.1) is 0 Å². The maximum atomic E-state index is 12.5. The third-order valence-electron chi connectivity index (χ3n) is 4.19. The molecule has 5 heteroatoms. The lowest BCUT2D eigenvalue weighted by molar-refractivity contribution is -0.117. The third kappa shape index (κ3) is 3.59. The number of benzene rings is 2. The number of carbonyl (C=O) groups excluding carboxylic acids is 1. The summed E-state index contributed by atoms with van der Waals surface area (Å²) in [5.74, 6) is -0.729. The molecular weight excluding hydrogens is 340 g/mol. The molecule has 3 aromatic rings. The Kier molecular flexibility index (Phi) is 4.91. The minimum atomic E-state index is -0.630. The van der Waals surface area contributed by atoms with Crippen LogP contribution in [0.2, 0.25) is 5.02 Å². The lowest BCUT2D eigenvalue weighted by Crippen LogP contribution is -2.17. The molecule has 0 spiro atoms. The summed E-state index contributed by atoms with van der Waals surface area (Å²) in [6.07, 6.45) is 0.470. The Hall–Kier alpha value is -2.59. The van der Waals surface area contributed by atoms with Gasteiger partial charge >= 0.3 is 5.63 Å². The second kappa shape index (κ2) is 7.11. The number of carbonyl (C=O) groups is 1. The van der Waals surface area contributed by atoms with Gasteiger partial charge in [-0.3, -0.25) is 0 Å². The summed E-state index contributed by atoms with van der Waals surface area (Å²) in [4.78, 5) is 24.2. The predicted molar refractivity (Wildman–Crippen MR) is 97.3 cm³/mol. The zero-order valence-electron chi connectivity index (χ0n) is 13.7.